The molecule has 0 saturated carbocycles. The monoisotopic (exact) mass is 517 g/mol. The highest BCUT2D eigenvalue weighted by molar-refractivity contribution is 8.02. The molecule has 0 aliphatic heterocycles. The number of thioether (sulfide) groups is 1. The molecule has 4 rings (SSSR count). The molecular weight excluding hydrogens is 486 g/mol. The number of benzene rings is 3. The molecule has 0 bridgehead atoms. The van der Waals surface area contributed by atoms with Gasteiger partial charge in [0.05, 0.1) is 15.5 Å². The predicted octanol–water partition coefficient (Wildman–Crippen LogP) is 7.55. The number of carbonyl (C=O) groups excluding carboxylic acids is 2. The number of carbonyl (C=O) groups is 2. The van der Waals surface area contributed by atoms with E-state index in [4.69, 9.17) is 4.98 Å². The van der Waals surface area contributed by atoms with Gasteiger partial charge in [0.25, 0.3) is 0 Å². The van der Waals surface area contributed by atoms with E-state index < -0.39 is 5.25 Å². The van der Waals surface area contributed by atoms with E-state index in [2.05, 4.69) is 35.8 Å². The third-order valence-corrected chi connectivity index (χ3v) is 8.08. The average Bonchev–Trinajstić information content (AvgIpc) is 3.29. The number of aryl methyl sites for hydroxylation is 1. The number of unbranched alkanes of at least 4 members (excludes halogenated alkanes) is 3. The van der Waals surface area contributed by atoms with Crippen LogP contribution in [0.1, 0.15) is 44.6 Å². The van der Waals surface area contributed by atoms with Gasteiger partial charge in [0.2, 0.25) is 11.8 Å². The maximum absolute atomic E-state index is 13.2. The Bertz CT molecular complexity index is 1280. The summed E-state index contributed by atoms with van der Waals surface area (Å²) in [7, 11) is 0. The van der Waals surface area contributed by atoms with Crippen LogP contribution in [0.3, 0.4) is 0 Å². The second kappa shape index (κ2) is 13.2. The number of nitrogens with zero attached hydrogens (tertiary/aromatic N) is 1. The van der Waals surface area contributed by atoms with Crippen LogP contribution in [0.25, 0.3) is 10.2 Å². The second-order valence-electron chi connectivity index (χ2n) is 8.67. The largest absolute Gasteiger partial charge is 0.326 e. The molecule has 0 aliphatic rings. The standard InChI is InChI=1S/C29H31N3O2S2/c1-2-3-4-7-12-21-17-18-25-24(19-21)32-29(35-25)36-26(28(34)31-23-15-10-6-11-16-23)20-27(33)30-22-13-8-5-9-14-22/h5-6,8-11,13-19,26H,2-4,7,12,20H2,1H3,(H,30,33)(H,31,34). The maximum atomic E-state index is 13.2. The highest BCUT2D eigenvalue weighted by Crippen LogP contribution is 2.34. The number of rotatable bonds is 12. The van der Waals surface area contributed by atoms with Crippen molar-refractivity contribution < 1.29 is 9.59 Å². The van der Waals surface area contributed by atoms with Crippen LogP contribution in [0.5, 0.6) is 0 Å². The zero-order chi connectivity index (χ0) is 25.2. The van der Waals surface area contributed by atoms with Gasteiger partial charge in [-0.05, 0) is 54.8 Å². The van der Waals surface area contributed by atoms with Crippen molar-refractivity contribution in [2.75, 3.05) is 10.6 Å². The van der Waals surface area contributed by atoms with E-state index in [0.717, 1.165) is 21.0 Å². The smallest absolute Gasteiger partial charge is 0.238 e. The number of amides is 2. The molecular formula is C29H31N3O2S2. The molecule has 36 heavy (non-hydrogen) atoms. The van der Waals surface area contributed by atoms with Crippen molar-refractivity contribution in [2.45, 2.75) is 55.0 Å². The minimum absolute atomic E-state index is 0.0385. The fraction of sp³-hybridized carbons (Fsp3) is 0.276. The van der Waals surface area contributed by atoms with Gasteiger partial charge in [0.15, 0.2) is 4.34 Å². The normalized spacial score (nSPS) is 11.8. The first kappa shape index (κ1) is 25.9. The third kappa shape index (κ3) is 7.67. The zero-order valence-corrected chi connectivity index (χ0v) is 22.0. The number of thiazole rings is 1. The number of nitrogens with one attached hydrogen (secondary N) is 2. The van der Waals surface area contributed by atoms with Crippen molar-refractivity contribution in [3.8, 4) is 0 Å². The Hall–Kier alpha value is -3.16. The average molecular weight is 518 g/mol. The van der Waals surface area contributed by atoms with Crippen molar-refractivity contribution in [3.63, 3.8) is 0 Å². The lowest BCUT2D eigenvalue weighted by atomic mass is 10.1. The van der Waals surface area contributed by atoms with E-state index in [-0.39, 0.29) is 18.2 Å². The number of hydrogen-bond acceptors (Lipinski definition) is 5. The Morgan fingerprint density at radius 3 is 2.28 bits per heavy atom. The summed E-state index contributed by atoms with van der Waals surface area (Å²) in [6.45, 7) is 2.22. The highest BCUT2D eigenvalue weighted by Gasteiger charge is 2.25. The molecule has 186 valence electrons. The lowest BCUT2D eigenvalue weighted by Crippen LogP contribution is -2.29. The molecule has 3 aromatic carbocycles. The van der Waals surface area contributed by atoms with Crippen LogP contribution in [-0.2, 0) is 16.0 Å². The van der Waals surface area contributed by atoms with E-state index in [0.29, 0.717) is 11.4 Å². The number of hydrogen-bond donors (Lipinski definition) is 2. The summed E-state index contributed by atoms with van der Waals surface area (Å²) >= 11 is 2.91. The van der Waals surface area contributed by atoms with Gasteiger partial charge in [-0.2, -0.15) is 0 Å². The fourth-order valence-electron chi connectivity index (χ4n) is 3.87. The minimum Gasteiger partial charge on any atom is -0.326 e. The summed E-state index contributed by atoms with van der Waals surface area (Å²) in [6.07, 6.45) is 6.02. The fourth-order valence-corrected chi connectivity index (χ4v) is 6.15. The first-order valence-electron chi connectivity index (χ1n) is 12.4. The summed E-state index contributed by atoms with van der Waals surface area (Å²) in [6, 6.07) is 25.0. The van der Waals surface area contributed by atoms with Crippen LogP contribution in [0, 0.1) is 0 Å². The van der Waals surface area contributed by atoms with Crippen molar-refractivity contribution in [2.24, 2.45) is 0 Å². The molecule has 1 heterocycles. The molecule has 5 nitrogen and oxygen atoms in total. The van der Waals surface area contributed by atoms with E-state index >= 15 is 0 Å². The quantitative estimate of drug-likeness (QED) is 0.150. The first-order valence-corrected chi connectivity index (χ1v) is 14.1. The van der Waals surface area contributed by atoms with Crippen molar-refractivity contribution in [1.82, 2.24) is 4.98 Å². The van der Waals surface area contributed by atoms with Gasteiger partial charge in [-0.1, -0.05) is 80.4 Å². The van der Waals surface area contributed by atoms with Crippen molar-refractivity contribution in [1.29, 1.82) is 0 Å². The number of para-hydroxylation sites is 2. The first-order chi connectivity index (χ1) is 17.6. The predicted molar refractivity (Wildman–Crippen MR) is 152 cm³/mol. The number of aromatic nitrogens is 1. The SMILES string of the molecule is CCCCCCc1ccc2sc(SC(CC(=O)Nc3ccccc3)C(=O)Nc3ccccc3)nc2c1. The molecule has 4 aromatic rings. The van der Waals surface area contributed by atoms with Crippen LogP contribution in [0.2, 0.25) is 0 Å². The summed E-state index contributed by atoms with van der Waals surface area (Å²) in [5, 5.41) is 5.21. The van der Waals surface area contributed by atoms with Gasteiger partial charge in [-0.25, -0.2) is 4.98 Å². The van der Waals surface area contributed by atoms with Gasteiger partial charge >= 0.3 is 0 Å². The molecule has 7 heteroatoms. The molecule has 0 radical (unpaired) electrons. The maximum Gasteiger partial charge on any atom is 0.238 e. The van der Waals surface area contributed by atoms with Crippen molar-refractivity contribution >= 4 is 56.5 Å². The molecule has 0 spiro atoms. The van der Waals surface area contributed by atoms with E-state index in [9.17, 15) is 9.59 Å². The van der Waals surface area contributed by atoms with E-state index in [1.165, 1.54) is 43.0 Å². The van der Waals surface area contributed by atoms with Crippen molar-refractivity contribution in [3.05, 3.63) is 84.4 Å². The van der Waals surface area contributed by atoms with Gasteiger partial charge in [-0.3, -0.25) is 9.59 Å². The van der Waals surface area contributed by atoms with Crippen LogP contribution in [0.4, 0.5) is 11.4 Å². The van der Waals surface area contributed by atoms with Crippen LogP contribution >= 0.6 is 23.1 Å². The molecule has 1 atom stereocenters. The lowest BCUT2D eigenvalue weighted by Gasteiger charge is -2.15. The molecule has 0 aliphatic carbocycles. The topological polar surface area (TPSA) is 71.1 Å². The lowest BCUT2D eigenvalue weighted by molar-refractivity contribution is -0.120. The summed E-state index contributed by atoms with van der Waals surface area (Å²) in [4.78, 5) is 30.8. The number of anilines is 2. The Labute approximate surface area is 220 Å². The summed E-state index contributed by atoms with van der Waals surface area (Å²) in [5.41, 5.74) is 3.65. The van der Waals surface area contributed by atoms with Crippen LogP contribution < -0.4 is 10.6 Å². The Morgan fingerprint density at radius 1 is 0.889 bits per heavy atom. The minimum atomic E-state index is -0.622. The van der Waals surface area contributed by atoms with Gasteiger partial charge in [0, 0.05) is 17.8 Å². The number of fused-ring (bicyclic) bond motifs is 1. The molecule has 1 unspecified atom stereocenters. The van der Waals surface area contributed by atoms with Crippen LogP contribution in [-0.4, -0.2) is 22.0 Å². The Morgan fingerprint density at radius 2 is 1.58 bits per heavy atom. The molecule has 2 amide bonds. The third-order valence-electron chi connectivity index (χ3n) is 5.76. The molecule has 0 fully saturated rings. The summed E-state index contributed by atoms with van der Waals surface area (Å²) < 4.78 is 1.87. The van der Waals surface area contributed by atoms with Gasteiger partial charge in [0.1, 0.15) is 0 Å². The second-order valence-corrected chi connectivity index (χ2v) is 11.2. The van der Waals surface area contributed by atoms with Crippen LogP contribution in [0.15, 0.2) is 83.2 Å². The van der Waals surface area contributed by atoms with Gasteiger partial charge < -0.3 is 10.6 Å². The Kier molecular flexibility index (Phi) is 9.53. The summed E-state index contributed by atoms with van der Waals surface area (Å²) in [5.74, 6) is -0.428. The molecule has 2 N–H and O–H groups in total. The zero-order valence-electron chi connectivity index (χ0n) is 20.4. The highest BCUT2D eigenvalue weighted by atomic mass is 32.2. The Balaban J connectivity index is 1.48. The van der Waals surface area contributed by atoms with E-state index in [1.807, 2.05) is 60.7 Å². The molecule has 0 saturated heterocycles. The molecule has 1 aromatic heterocycles. The van der Waals surface area contributed by atoms with Gasteiger partial charge in [-0.15, -0.1) is 11.3 Å². The van der Waals surface area contributed by atoms with E-state index in [1.54, 1.807) is 11.3 Å².